The third-order valence-electron chi connectivity index (χ3n) is 3.03. The predicted octanol–water partition coefficient (Wildman–Crippen LogP) is 3.85. The van der Waals surface area contributed by atoms with E-state index in [1.54, 1.807) is 18.2 Å². The summed E-state index contributed by atoms with van der Waals surface area (Å²) in [7, 11) is 1.85. The van der Waals surface area contributed by atoms with Crippen LogP contribution in [0.4, 0.5) is 4.39 Å². The van der Waals surface area contributed by atoms with Gasteiger partial charge in [0.2, 0.25) is 0 Å². The summed E-state index contributed by atoms with van der Waals surface area (Å²) in [5, 5.41) is 3.35. The van der Waals surface area contributed by atoms with Crippen LogP contribution in [0.25, 0.3) is 0 Å². The highest BCUT2D eigenvalue weighted by molar-refractivity contribution is 6.30. The lowest BCUT2D eigenvalue weighted by Crippen LogP contribution is -2.19. The van der Waals surface area contributed by atoms with Gasteiger partial charge in [0, 0.05) is 5.56 Å². The summed E-state index contributed by atoms with van der Waals surface area (Å²) in [6, 6.07) is 5.12. The molecule has 16 heavy (non-hydrogen) atoms. The third kappa shape index (κ3) is 2.13. The fourth-order valence-electron chi connectivity index (χ4n) is 2.24. The van der Waals surface area contributed by atoms with Gasteiger partial charge in [0.1, 0.15) is 5.82 Å². The number of halogens is 2. The van der Waals surface area contributed by atoms with E-state index in [4.69, 9.17) is 11.6 Å². The van der Waals surface area contributed by atoms with Crippen LogP contribution in [0.2, 0.25) is 5.02 Å². The Balaban J connectivity index is 2.36. The van der Waals surface area contributed by atoms with Crippen molar-refractivity contribution in [3.05, 3.63) is 46.3 Å². The van der Waals surface area contributed by atoms with Gasteiger partial charge in [-0.05, 0) is 32.4 Å². The first kappa shape index (κ1) is 11.6. The topological polar surface area (TPSA) is 12.0 Å². The van der Waals surface area contributed by atoms with E-state index in [-0.39, 0.29) is 16.9 Å². The van der Waals surface area contributed by atoms with Crippen LogP contribution in [0.3, 0.4) is 0 Å². The summed E-state index contributed by atoms with van der Waals surface area (Å²) in [5.41, 5.74) is 1.91. The number of likely N-dealkylation sites (N-methyl/N-ethyl adjacent to an activating group) is 1. The van der Waals surface area contributed by atoms with Gasteiger partial charge in [-0.2, -0.15) is 0 Å². The quantitative estimate of drug-likeness (QED) is 0.790. The second-order valence-electron chi connectivity index (χ2n) is 4.04. The Kier molecular flexibility index (Phi) is 3.62. The fraction of sp³-hybridized carbons (Fsp3) is 0.385. The van der Waals surface area contributed by atoms with Crippen molar-refractivity contribution in [3.63, 3.8) is 0 Å². The molecule has 1 atom stereocenters. The van der Waals surface area contributed by atoms with Crippen molar-refractivity contribution in [2.75, 3.05) is 7.05 Å². The molecule has 86 valence electrons. The van der Waals surface area contributed by atoms with Gasteiger partial charge < -0.3 is 5.32 Å². The van der Waals surface area contributed by atoms with Crippen LogP contribution in [-0.4, -0.2) is 7.05 Å². The average Bonchev–Trinajstić information content (AvgIpc) is 2.79. The minimum absolute atomic E-state index is 0.0406. The number of benzene rings is 1. The van der Waals surface area contributed by atoms with E-state index in [2.05, 4.69) is 11.4 Å². The molecule has 0 aliphatic heterocycles. The summed E-state index contributed by atoms with van der Waals surface area (Å²) in [6.07, 6.45) is 5.49. The van der Waals surface area contributed by atoms with Crippen molar-refractivity contribution in [3.8, 4) is 0 Å². The van der Waals surface area contributed by atoms with Gasteiger partial charge in [0.25, 0.3) is 0 Å². The van der Waals surface area contributed by atoms with E-state index in [0.717, 1.165) is 19.3 Å². The minimum Gasteiger partial charge on any atom is -0.310 e. The molecule has 0 fully saturated rings. The summed E-state index contributed by atoms with van der Waals surface area (Å²) >= 11 is 5.80. The number of hydrogen-bond donors (Lipinski definition) is 1. The highest BCUT2D eigenvalue weighted by Gasteiger charge is 2.21. The maximum atomic E-state index is 13.9. The van der Waals surface area contributed by atoms with Crippen molar-refractivity contribution in [1.82, 2.24) is 5.32 Å². The number of rotatable bonds is 3. The lowest BCUT2D eigenvalue weighted by atomic mass is 9.98. The van der Waals surface area contributed by atoms with E-state index < -0.39 is 0 Å². The first-order valence-corrected chi connectivity index (χ1v) is 5.92. The Morgan fingerprint density at radius 2 is 2.25 bits per heavy atom. The fourth-order valence-corrected chi connectivity index (χ4v) is 2.42. The molecule has 0 amide bonds. The van der Waals surface area contributed by atoms with Crippen molar-refractivity contribution in [2.24, 2.45) is 0 Å². The van der Waals surface area contributed by atoms with Gasteiger partial charge >= 0.3 is 0 Å². The van der Waals surface area contributed by atoms with Crippen molar-refractivity contribution < 1.29 is 4.39 Å². The van der Waals surface area contributed by atoms with Gasteiger partial charge in [-0.15, -0.1) is 0 Å². The number of hydrogen-bond acceptors (Lipinski definition) is 1. The molecule has 0 heterocycles. The van der Waals surface area contributed by atoms with Crippen molar-refractivity contribution in [2.45, 2.75) is 25.3 Å². The SMILES string of the molecule is CNC(C1=CCCC1)c1cccc(Cl)c1F. The molecule has 0 spiro atoms. The number of allylic oxidation sites excluding steroid dienone is 1. The molecular formula is C13H15ClFN. The molecule has 0 bridgehead atoms. The van der Waals surface area contributed by atoms with Gasteiger partial charge in [0.15, 0.2) is 0 Å². The Hall–Kier alpha value is -0.860. The highest BCUT2D eigenvalue weighted by atomic mass is 35.5. The highest BCUT2D eigenvalue weighted by Crippen LogP contribution is 2.33. The van der Waals surface area contributed by atoms with E-state index in [9.17, 15) is 4.39 Å². The van der Waals surface area contributed by atoms with Crippen molar-refractivity contribution >= 4 is 11.6 Å². The summed E-state index contributed by atoms with van der Waals surface area (Å²) in [6.45, 7) is 0. The van der Waals surface area contributed by atoms with Crippen molar-refractivity contribution in [1.29, 1.82) is 0 Å². The second kappa shape index (κ2) is 4.98. The smallest absolute Gasteiger partial charge is 0.146 e. The molecule has 1 aromatic carbocycles. The molecular weight excluding hydrogens is 225 g/mol. The predicted molar refractivity (Wildman–Crippen MR) is 65.1 cm³/mol. The number of nitrogens with one attached hydrogen (secondary N) is 1. The normalized spacial score (nSPS) is 17.3. The molecule has 3 heteroatoms. The largest absolute Gasteiger partial charge is 0.310 e. The van der Waals surface area contributed by atoms with Gasteiger partial charge in [-0.1, -0.05) is 35.4 Å². The molecule has 0 saturated heterocycles. The molecule has 0 saturated carbocycles. The second-order valence-corrected chi connectivity index (χ2v) is 4.44. The average molecular weight is 240 g/mol. The lowest BCUT2D eigenvalue weighted by molar-refractivity contribution is 0.567. The van der Waals surface area contributed by atoms with E-state index in [0.29, 0.717) is 5.56 Å². The van der Waals surface area contributed by atoms with E-state index in [1.165, 1.54) is 5.57 Å². The Bertz CT molecular complexity index is 414. The van der Waals surface area contributed by atoms with Crippen LogP contribution in [-0.2, 0) is 0 Å². The molecule has 0 radical (unpaired) electrons. The van der Waals surface area contributed by atoms with E-state index in [1.807, 2.05) is 7.05 Å². The summed E-state index contributed by atoms with van der Waals surface area (Å²) < 4.78 is 13.9. The Morgan fingerprint density at radius 1 is 1.44 bits per heavy atom. The first-order valence-electron chi connectivity index (χ1n) is 5.54. The minimum atomic E-state index is -0.309. The molecule has 2 rings (SSSR count). The molecule has 0 aromatic heterocycles. The molecule has 1 aliphatic rings. The standard InChI is InChI=1S/C13H15ClFN/c1-16-13(9-5-2-3-6-9)10-7-4-8-11(14)12(10)15/h4-5,7-8,13,16H,2-3,6H2,1H3. The van der Waals surface area contributed by atoms with Gasteiger partial charge in [0.05, 0.1) is 11.1 Å². The zero-order chi connectivity index (χ0) is 11.5. The van der Waals surface area contributed by atoms with Crippen LogP contribution in [0.1, 0.15) is 30.9 Å². The zero-order valence-corrected chi connectivity index (χ0v) is 10.0. The third-order valence-corrected chi connectivity index (χ3v) is 3.32. The van der Waals surface area contributed by atoms with Crippen LogP contribution >= 0.6 is 11.6 Å². The summed E-state index contributed by atoms with van der Waals surface area (Å²) in [5.74, 6) is -0.309. The molecule has 1 aliphatic carbocycles. The van der Waals surface area contributed by atoms with Crippen LogP contribution in [0.5, 0.6) is 0 Å². The van der Waals surface area contributed by atoms with E-state index >= 15 is 0 Å². The molecule has 1 unspecified atom stereocenters. The maximum absolute atomic E-state index is 13.9. The Labute approximate surface area is 100 Å². The first-order chi connectivity index (χ1) is 7.74. The zero-order valence-electron chi connectivity index (χ0n) is 9.26. The van der Waals surface area contributed by atoms with Gasteiger partial charge in [-0.3, -0.25) is 0 Å². The van der Waals surface area contributed by atoms with Crippen LogP contribution < -0.4 is 5.32 Å². The molecule has 1 nitrogen and oxygen atoms in total. The Morgan fingerprint density at radius 3 is 2.88 bits per heavy atom. The lowest BCUT2D eigenvalue weighted by Gasteiger charge is -2.19. The van der Waals surface area contributed by atoms with Crippen LogP contribution in [0.15, 0.2) is 29.8 Å². The maximum Gasteiger partial charge on any atom is 0.146 e. The monoisotopic (exact) mass is 239 g/mol. The molecule has 1 aromatic rings. The molecule has 1 N–H and O–H groups in total. The van der Waals surface area contributed by atoms with Crippen LogP contribution in [0, 0.1) is 5.82 Å². The summed E-state index contributed by atoms with van der Waals surface area (Å²) in [4.78, 5) is 0. The van der Waals surface area contributed by atoms with Gasteiger partial charge in [-0.25, -0.2) is 4.39 Å².